The van der Waals surface area contributed by atoms with Gasteiger partial charge in [0.15, 0.2) is 18.0 Å². The first-order valence-electron chi connectivity index (χ1n) is 12.7. The number of nitrogens with one attached hydrogen (secondary N) is 2. The summed E-state index contributed by atoms with van der Waals surface area (Å²) in [6.07, 6.45) is -2.27. The highest BCUT2D eigenvalue weighted by atomic mass is 16.6. The van der Waals surface area contributed by atoms with Gasteiger partial charge >= 0.3 is 12.1 Å². The maximum Gasteiger partial charge on any atom is 0.408 e. The predicted molar refractivity (Wildman–Crippen MR) is 142 cm³/mol. The number of epoxide rings is 1. The molecule has 1 aliphatic heterocycles. The van der Waals surface area contributed by atoms with Crippen molar-refractivity contribution in [2.45, 2.75) is 50.2 Å². The SMILES string of the molecule is O=C(NC(Cc1ccccc1)C(=O)N[C@@H](CCc1ccccc1)C(=O)[C@@H]1O[C@H]1C(=O)O)OCc1ccccc1. The molecule has 3 aromatic carbocycles. The molecule has 3 aromatic rings. The van der Waals surface area contributed by atoms with E-state index in [0.29, 0.717) is 6.42 Å². The molecule has 202 valence electrons. The third-order valence-electron chi connectivity index (χ3n) is 6.34. The van der Waals surface area contributed by atoms with Gasteiger partial charge in [-0.2, -0.15) is 0 Å². The van der Waals surface area contributed by atoms with Crippen molar-refractivity contribution in [3.8, 4) is 0 Å². The number of hydrogen-bond donors (Lipinski definition) is 3. The van der Waals surface area contributed by atoms with Gasteiger partial charge < -0.3 is 25.2 Å². The van der Waals surface area contributed by atoms with Crippen LogP contribution in [0.3, 0.4) is 0 Å². The second-order valence-electron chi connectivity index (χ2n) is 9.25. The Kier molecular flexibility index (Phi) is 9.42. The molecule has 0 saturated carbocycles. The predicted octanol–water partition coefficient (Wildman–Crippen LogP) is 3.06. The first-order valence-corrected chi connectivity index (χ1v) is 12.7. The van der Waals surface area contributed by atoms with E-state index in [1.165, 1.54) is 0 Å². The molecule has 0 spiro atoms. The summed E-state index contributed by atoms with van der Waals surface area (Å²) in [6, 6.07) is 25.6. The van der Waals surface area contributed by atoms with Crippen LogP contribution in [0.25, 0.3) is 0 Å². The second kappa shape index (κ2) is 13.3. The van der Waals surface area contributed by atoms with E-state index in [1.54, 1.807) is 0 Å². The molecule has 2 amide bonds. The topological polar surface area (TPSA) is 134 Å². The number of hydrogen-bond acceptors (Lipinski definition) is 6. The fourth-order valence-corrected chi connectivity index (χ4v) is 4.19. The lowest BCUT2D eigenvalue weighted by molar-refractivity contribution is -0.138. The van der Waals surface area contributed by atoms with Crippen molar-refractivity contribution in [2.24, 2.45) is 0 Å². The zero-order valence-electron chi connectivity index (χ0n) is 21.2. The van der Waals surface area contributed by atoms with Crippen LogP contribution in [-0.2, 0) is 43.3 Å². The van der Waals surface area contributed by atoms with E-state index in [9.17, 15) is 24.3 Å². The average Bonchev–Trinajstić information content (AvgIpc) is 3.77. The molecule has 0 aromatic heterocycles. The van der Waals surface area contributed by atoms with Gasteiger partial charge in [0.2, 0.25) is 5.91 Å². The lowest BCUT2D eigenvalue weighted by Gasteiger charge is -2.23. The Morgan fingerprint density at radius 1 is 0.744 bits per heavy atom. The van der Waals surface area contributed by atoms with Crippen molar-refractivity contribution in [2.75, 3.05) is 0 Å². The van der Waals surface area contributed by atoms with Crippen LogP contribution in [0.5, 0.6) is 0 Å². The third kappa shape index (κ3) is 8.24. The lowest BCUT2D eigenvalue weighted by Crippen LogP contribution is -2.53. The van der Waals surface area contributed by atoms with Gasteiger partial charge in [0.05, 0.1) is 6.04 Å². The number of benzene rings is 3. The van der Waals surface area contributed by atoms with E-state index >= 15 is 0 Å². The number of rotatable bonds is 13. The summed E-state index contributed by atoms with van der Waals surface area (Å²) in [5.41, 5.74) is 2.55. The van der Waals surface area contributed by atoms with Crippen LogP contribution >= 0.6 is 0 Å². The molecule has 4 rings (SSSR count). The van der Waals surface area contributed by atoms with Crippen LogP contribution in [0.2, 0.25) is 0 Å². The zero-order valence-corrected chi connectivity index (χ0v) is 21.2. The van der Waals surface area contributed by atoms with Crippen LogP contribution in [0.15, 0.2) is 91.0 Å². The van der Waals surface area contributed by atoms with Gasteiger partial charge in [0.25, 0.3) is 0 Å². The van der Waals surface area contributed by atoms with Gasteiger partial charge in [-0.05, 0) is 29.5 Å². The number of carboxylic acids is 1. The highest BCUT2D eigenvalue weighted by Crippen LogP contribution is 2.25. The lowest BCUT2D eigenvalue weighted by atomic mass is 9.98. The molecule has 9 heteroatoms. The minimum atomic E-state index is -1.23. The zero-order chi connectivity index (χ0) is 27.6. The number of carboxylic acid groups (broad SMARTS) is 1. The number of amides is 2. The van der Waals surface area contributed by atoms with E-state index in [4.69, 9.17) is 9.47 Å². The molecular formula is C30H30N2O7. The number of ether oxygens (including phenoxy) is 2. The van der Waals surface area contributed by atoms with Crippen LogP contribution in [0.1, 0.15) is 23.1 Å². The summed E-state index contributed by atoms with van der Waals surface area (Å²) in [5, 5.41) is 14.6. The average molecular weight is 531 g/mol. The number of carbonyl (C=O) groups excluding carboxylic acids is 3. The summed E-state index contributed by atoms with van der Waals surface area (Å²) < 4.78 is 10.4. The van der Waals surface area contributed by atoms with Crippen molar-refractivity contribution in [1.29, 1.82) is 0 Å². The minimum Gasteiger partial charge on any atom is -0.479 e. The van der Waals surface area contributed by atoms with Crippen LogP contribution in [0, 0.1) is 0 Å². The molecule has 9 nitrogen and oxygen atoms in total. The van der Waals surface area contributed by atoms with Gasteiger partial charge in [-0.1, -0.05) is 91.0 Å². The monoisotopic (exact) mass is 530 g/mol. The maximum atomic E-state index is 13.5. The van der Waals surface area contributed by atoms with Crippen molar-refractivity contribution >= 4 is 23.8 Å². The van der Waals surface area contributed by atoms with Crippen molar-refractivity contribution in [1.82, 2.24) is 10.6 Å². The van der Waals surface area contributed by atoms with E-state index in [1.807, 2.05) is 91.0 Å². The maximum absolute atomic E-state index is 13.5. The first kappa shape index (κ1) is 27.5. The Hall–Kier alpha value is -4.50. The summed E-state index contributed by atoms with van der Waals surface area (Å²) >= 11 is 0. The molecule has 0 radical (unpaired) electrons. The normalized spacial score (nSPS) is 17.3. The number of aryl methyl sites for hydroxylation is 1. The van der Waals surface area contributed by atoms with E-state index in [-0.39, 0.29) is 19.4 Å². The Bertz CT molecular complexity index is 1270. The van der Waals surface area contributed by atoms with Gasteiger partial charge in [-0.3, -0.25) is 9.59 Å². The van der Waals surface area contributed by atoms with Crippen LogP contribution in [0.4, 0.5) is 4.79 Å². The quantitative estimate of drug-likeness (QED) is 0.289. The van der Waals surface area contributed by atoms with E-state index < -0.39 is 48.0 Å². The standard InChI is InChI=1S/C30H30N2O7/c33-25(26-27(39-26)29(35)36)23(17-16-20-10-4-1-5-11-20)31-28(34)24(18-21-12-6-2-7-13-21)32-30(37)38-19-22-14-8-3-9-15-22/h1-15,23-24,26-27H,16-19H2,(H,31,34)(H,32,37)(H,35,36)/t23-,24?,26-,27+/m0/s1. The highest BCUT2D eigenvalue weighted by molar-refractivity contribution is 5.99. The smallest absolute Gasteiger partial charge is 0.408 e. The summed E-state index contributed by atoms with van der Waals surface area (Å²) in [7, 11) is 0. The molecule has 1 saturated heterocycles. The Morgan fingerprint density at radius 2 is 1.31 bits per heavy atom. The molecule has 39 heavy (non-hydrogen) atoms. The summed E-state index contributed by atoms with van der Waals surface area (Å²) in [6.45, 7) is 0.0279. The molecule has 3 N–H and O–H groups in total. The third-order valence-corrected chi connectivity index (χ3v) is 6.34. The Balaban J connectivity index is 1.46. The number of carbonyl (C=O) groups is 4. The van der Waals surface area contributed by atoms with Gasteiger partial charge in [-0.15, -0.1) is 0 Å². The molecule has 1 unspecified atom stereocenters. The van der Waals surface area contributed by atoms with Crippen molar-refractivity contribution in [3.05, 3.63) is 108 Å². The first-order chi connectivity index (χ1) is 18.9. The largest absolute Gasteiger partial charge is 0.479 e. The molecule has 1 fully saturated rings. The molecule has 1 aliphatic rings. The van der Waals surface area contributed by atoms with Crippen molar-refractivity contribution in [3.63, 3.8) is 0 Å². The highest BCUT2D eigenvalue weighted by Gasteiger charge is 2.52. The van der Waals surface area contributed by atoms with E-state index in [0.717, 1.165) is 16.7 Å². The van der Waals surface area contributed by atoms with Crippen LogP contribution in [-0.4, -0.2) is 53.2 Å². The molecule has 1 heterocycles. The second-order valence-corrected chi connectivity index (χ2v) is 9.25. The van der Waals surface area contributed by atoms with Gasteiger partial charge in [0, 0.05) is 6.42 Å². The Labute approximate surface area is 226 Å². The number of alkyl carbamates (subject to hydrolysis) is 1. The molecule has 0 aliphatic carbocycles. The van der Waals surface area contributed by atoms with Gasteiger partial charge in [0.1, 0.15) is 12.6 Å². The molecule has 4 atom stereocenters. The molecular weight excluding hydrogens is 500 g/mol. The number of ketones is 1. The number of aliphatic carboxylic acids is 1. The number of Topliss-reactive ketones (excluding diaryl/α,β-unsaturated/α-hetero) is 1. The van der Waals surface area contributed by atoms with E-state index in [2.05, 4.69) is 10.6 Å². The summed E-state index contributed by atoms with van der Waals surface area (Å²) in [4.78, 5) is 50.5. The fourth-order valence-electron chi connectivity index (χ4n) is 4.19. The van der Waals surface area contributed by atoms with Crippen molar-refractivity contribution < 1.29 is 33.8 Å². The van der Waals surface area contributed by atoms with Crippen LogP contribution < -0.4 is 10.6 Å². The molecule has 0 bridgehead atoms. The van der Waals surface area contributed by atoms with Gasteiger partial charge in [-0.25, -0.2) is 9.59 Å². The summed E-state index contributed by atoms with van der Waals surface area (Å²) in [5.74, 6) is -2.34. The minimum absolute atomic E-state index is 0.0279. The Morgan fingerprint density at radius 3 is 1.87 bits per heavy atom. The fraction of sp³-hybridized carbons (Fsp3) is 0.267.